The summed E-state index contributed by atoms with van der Waals surface area (Å²) in [5.74, 6) is -0.320. The number of likely N-dealkylation sites (tertiary alicyclic amines) is 1. The summed E-state index contributed by atoms with van der Waals surface area (Å²) in [7, 11) is 0. The number of aliphatic hydroxyl groups excluding tert-OH is 1. The molecule has 3 N–H and O–H groups in total. The van der Waals surface area contributed by atoms with Gasteiger partial charge in [-0.25, -0.2) is 4.98 Å². The van der Waals surface area contributed by atoms with Crippen LogP contribution in [0.4, 0.5) is 11.5 Å². The van der Waals surface area contributed by atoms with Gasteiger partial charge in [-0.3, -0.25) is 14.4 Å². The lowest BCUT2D eigenvalue weighted by atomic mass is 9.80. The van der Waals surface area contributed by atoms with E-state index in [0.717, 1.165) is 12.8 Å². The lowest BCUT2D eigenvalue weighted by Gasteiger charge is -2.35. The summed E-state index contributed by atoms with van der Waals surface area (Å²) in [6.45, 7) is 1.55. The number of aliphatic hydroxyl groups is 1. The number of hydrogen-bond acceptors (Lipinski definition) is 6. The number of para-hydroxylation sites is 1. The minimum atomic E-state index is -0.536. The minimum absolute atomic E-state index is 0.00792. The highest BCUT2D eigenvalue weighted by Gasteiger charge is 2.34. The number of rotatable bonds is 6. The summed E-state index contributed by atoms with van der Waals surface area (Å²) in [6, 6.07) is 10.3. The number of nitrogens with one attached hydrogen (secondary N) is 2. The van der Waals surface area contributed by atoms with Crippen molar-refractivity contribution < 1.29 is 23.9 Å². The summed E-state index contributed by atoms with van der Waals surface area (Å²) in [5, 5.41) is 16.0. The van der Waals surface area contributed by atoms with Gasteiger partial charge in [0.25, 0.3) is 5.91 Å². The number of furan rings is 1. The number of halogens is 1. The molecule has 2 fully saturated rings. The molecule has 3 amide bonds. The summed E-state index contributed by atoms with van der Waals surface area (Å²) in [6.07, 6.45) is 5.60. The van der Waals surface area contributed by atoms with Crippen LogP contribution < -0.4 is 10.6 Å². The van der Waals surface area contributed by atoms with Gasteiger partial charge in [0.05, 0.1) is 5.02 Å². The highest BCUT2D eigenvalue weighted by molar-refractivity contribution is 6.30. The quantitative estimate of drug-likeness (QED) is 0.417. The van der Waals surface area contributed by atoms with E-state index in [-0.39, 0.29) is 41.9 Å². The van der Waals surface area contributed by atoms with E-state index in [0.29, 0.717) is 66.3 Å². The molecule has 200 valence electrons. The average Bonchev–Trinajstić information content (AvgIpc) is 3.32. The van der Waals surface area contributed by atoms with Gasteiger partial charge in [0.15, 0.2) is 0 Å². The van der Waals surface area contributed by atoms with Gasteiger partial charge in [0, 0.05) is 43.1 Å². The Balaban J connectivity index is 1.24. The molecule has 1 aromatic carbocycles. The number of hydrogen-bond donors (Lipinski definition) is 3. The van der Waals surface area contributed by atoms with Crippen LogP contribution in [0.1, 0.15) is 49.1 Å². The van der Waals surface area contributed by atoms with Crippen molar-refractivity contribution in [2.75, 3.05) is 30.3 Å². The first-order valence-corrected chi connectivity index (χ1v) is 13.5. The van der Waals surface area contributed by atoms with Crippen LogP contribution in [0.25, 0.3) is 11.0 Å². The SMILES string of the molecule is O=C(Nc1ccc(Cl)cn1)c1oc2ccccc2c1NC(=O)[C@H]1CC[C@H](C(=O)N2CCC(CO)CC2)CC1. The lowest BCUT2D eigenvalue weighted by Crippen LogP contribution is -2.43. The predicted molar refractivity (Wildman–Crippen MR) is 144 cm³/mol. The van der Waals surface area contributed by atoms with Gasteiger partial charge < -0.3 is 25.1 Å². The lowest BCUT2D eigenvalue weighted by molar-refractivity contribution is -0.139. The van der Waals surface area contributed by atoms with Crippen molar-refractivity contribution >= 4 is 51.8 Å². The first-order chi connectivity index (χ1) is 18.4. The molecule has 5 rings (SSSR count). The van der Waals surface area contributed by atoms with E-state index in [4.69, 9.17) is 16.0 Å². The molecule has 3 aromatic rings. The molecule has 9 nitrogen and oxygen atoms in total. The molecular formula is C28H31ClN4O5. The molecule has 3 heterocycles. The normalized spacial score (nSPS) is 20.3. The molecule has 0 radical (unpaired) electrons. The first-order valence-electron chi connectivity index (χ1n) is 13.1. The van der Waals surface area contributed by atoms with E-state index in [9.17, 15) is 19.5 Å². The zero-order valence-corrected chi connectivity index (χ0v) is 21.7. The molecule has 1 saturated carbocycles. The zero-order chi connectivity index (χ0) is 26.6. The number of carbonyl (C=O) groups is 3. The second-order valence-corrected chi connectivity index (χ2v) is 10.5. The van der Waals surface area contributed by atoms with Gasteiger partial charge in [0.2, 0.25) is 17.6 Å². The van der Waals surface area contributed by atoms with Gasteiger partial charge in [-0.1, -0.05) is 23.7 Å². The molecule has 0 atom stereocenters. The van der Waals surface area contributed by atoms with Crippen molar-refractivity contribution in [2.45, 2.75) is 38.5 Å². The Labute approximate surface area is 225 Å². The van der Waals surface area contributed by atoms with Crippen LogP contribution in [0.3, 0.4) is 0 Å². The fourth-order valence-electron chi connectivity index (χ4n) is 5.37. The Morgan fingerprint density at radius 3 is 2.37 bits per heavy atom. The van der Waals surface area contributed by atoms with E-state index in [2.05, 4.69) is 15.6 Å². The number of carbonyl (C=O) groups excluding carboxylic acids is 3. The second-order valence-electron chi connectivity index (χ2n) is 10.1. The van der Waals surface area contributed by atoms with Gasteiger partial charge in [-0.15, -0.1) is 0 Å². The van der Waals surface area contributed by atoms with Crippen molar-refractivity contribution in [3.05, 3.63) is 53.4 Å². The molecule has 0 spiro atoms. The van der Waals surface area contributed by atoms with Crippen LogP contribution in [0, 0.1) is 17.8 Å². The standard InChI is InChI=1S/C28H31ClN4O5/c29-20-9-10-23(30-15-20)31-27(36)25-24(21-3-1-2-4-22(21)38-25)32-26(35)18-5-7-19(8-6-18)28(37)33-13-11-17(16-34)12-14-33/h1-4,9-10,15,17-19,34H,5-8,11-14,16H2,(H,32,35)(H,30,31,36)/t18-,19-. The van der Waals surface area contributed by atoms with Crippen LogP contribution >= 0.6 is 11.6 Å². The number of amides is 3. The molecule has 0 unspecified atom stereocenters. The number of anilines is 2. The minimum Gasteiger partial charge on any atom is -0.449 e. The Morgan fingerprint density at radius 1 is 0.974 bits per heavy atom. The van der Waals surface area contributed by atoms with Crippen LogP contribution in [0.2, 0.25) is 5.02 Å². The maximum atomic E-state index is 13.3. The largest absolute Gasteiger partial charge is 0.449 e. The van der Waals surface area contributed by atoms with E-state index >= 15 is 0 Å². The Hall–Kier alpha value is -3.43. The smallest absolute Gasteiger partial charge is 0.294 e. The molecule has 1 aliphatic heterocycles. The number of pyridine rings is 1. The second kappa shape index (κ2) is 11.5. The van der Waals surface area contributed by atoms with E-state index in [1.54, 1.807) is 30.3 Å². The number of piperidine rings is 1. The Morgan fingerprint density at radius 2 is 1.68 bits per heavy atom. The van der Waals surface area contributed by atoms with Crippen molar-refractivity contribution in [3.63, 3.8) is 0 Å². The molecule has 10 heteroatoms. The van der Waals surface area contributed by atoms with Crippen molar-refractivity contribution in [2.24, 2.45) is 17.8 Å². The summed E-state index contributed by atoms with van der Waals surface area (Å²) in [5.41, 5.74) is 0.804. The molecule has 0 bridgehead atoms. The van der Waals surface area contributed by atoms with Crippen molar-refractivity contribution in [1.82, 2.24) is 9.88 Å². The maximum absolute atomic E-state index is 13.3. The van der Waals surface area contributed by atoms with Gasteiger partial charge in [-0.05, 0) is 68.7 Å². The molecule has 2 aromatic heterocycles. The summed E-state index contributed by atoms with van der Waals surface area (Å²) >= 11 is 5.88. The third-order valence-electron chi connectivity index (χ3n) is 7.65. The molecule has 2 aliphatic rings. The highest BCUT2D eigenvalue weighted by Crippen LogP contribution is 2.35. The fraction of sp³-hybridized carbons (Fsp3) is 0.429. The van der Waals surface area contributed by atoms with E-state index < -0.39 is 5.91 Å². The Bertz CT molecular complexity index is 1310. The summed E-state index contributed by atoms with van der Waals surface area (Å²) < 4.78 is 5.83. The van der Waals surface area contributed by atoms with Gasteiger partial charge in [-0.2, -0.15) is 0 Å². The topological polar surface area (TPSA) is 125 Å². The monoisotopic (exact) mass is 538 g/mol. The third-order valence-corrected chi connectivity index (χ3v) is 7.87. The predicted octanol–water partition coefficient (Wildman–Crippen LogP) is 4.71. The van der Waals surface area contributed by atoms with Crippen LogP contribution in [0.5, 0.6) is 0 Å². The first kappa shape index (κ1) is 26.2. The van der Waals surface area contributed by atoms with Crippen LogP contribution in [0.15, 0.2) is 47.0 Å². The number of fused-ring (bicyclic) bond motifs is 1. The van der Waals surface area contributed by atoms with Gasteiger partial charge in [0.1, 0.15) is 17.1 Å². The van der Waals surface area contributed by atoms with Crippen LogP contribution in [-0.4, -0.2) is 52.4 Å². The van der Waals surface area contributed by atoms with Crippen LogP contribution in [-0.2, 0) is 9.59 Å². The zero-order valence-electron chi connectivity index (χ0n) is 21.0. The molecule has 38 heavy (non-hydrogen) atoms. The number of aromatic nitrogens is 1. The van der Waals surface area contributed by atoms with E-state index in [1.165, 1.54) is 6.20 Å². The molecule has 1 aliphatic carbocycles. The molecular weight excluding hydrogens is 508 g/mol. The number of nitrogens with zero attached hydrogens (tertiary/aromatic N) is 2. The maximum Gasteiger partial charge on any atom is 0.294 e. The third kappa shape index (κ3) is 5.68. The van der Waals surface area contributed by atoms with Crippen molar-refractivity contribution in [3.8, 4) is 0 Å². The van der Waals surface area contributed by atoms with Gasteiger partial charge >= 0.3 is 0 Å². The fourth-order valence-corrected chi connectivity index (χ4v) is 5.49. The summed E-state index contributed by atoms with van der Waals surface area (Å²) in [4.78, 5) is 45.4. The highest BCUT2D eigenvalue weighted by atomic mass is 35.5. The average molecular weight is 539 g/mol. The molecule has 1 saturated heterocycles. The number of benzene rings is 1. The van der Waals surface area contributed by atoms with Crippen molar-refractivity contribution in [1.29, 1.82) is 0 Å². The Kier molecular flexibility index (Phi) is 7.95. The van der Waals surface area contributed by atoms with E-state index in [1.807, 2.05) is 11.0 Å².